The van der Waals surface area contributed by atoms with Crippen LogP contribution in [0.25, 0.3) is 21.9 Å². The van der Waals surface area contributed by atoms with Crippen molar-refractivity contribution in [3.63, 3.8) is 0 Å². The number of amides is 3. The first kappa shape index (κ1) is 18.7. The Morgan fingerprint density at radius 1 is 1.07 bits per heavy atom. The number of para-hydroxylation sites is 1. The third-order valence-electron chi connectivity index (χ3n) is 6.21. The van der Waals surface area contributed by atoms with E-state index in [0.717, 1.165) is 46.9 Å². The van der Waals surface area contributed by atoms with Crippen LogP contribution in [0.1, 0.15) is 25.7 Å². The smallest absolute Gasteiger partial charge is 0.244 e. The van der Waals surface area contributed by atoms with Gasteiger partial charge in [0, 0.05) is 16.8 Å². The van der Waals surface area contributed by atoms with Gasteiger partial charge >= 0.3 is 0 Å². The van der Waals surface area contributed by atoms with Crippen LogP contribution < -0.4 is 10.1 Å². The van der Waals surface area contributed by atoms with Crippen molar-refractivity contribution in [2.24, 2.45) is 11.8 Å². The fourth-order valence-corrected chi connectivity index (χ4v) is 4.74. The Hall–Kier alpha value is -3.35. The highest BCUT2D eigenvalue weighted by Gasteiger charge is 2.48. The molecule has 1 aromatic heterocycles. The van der Waals surface area contributed by atoms with E-state index < -0.39 is 5.91 Å². The molecule has 7 nitrogen and oxygen atoms in total. The summed E-state index contributed by atoms with van der Waals surface area (Å²) < 4.78 is 11.3. The fourth-order valence-electron chi connectivity index (χ4n) is 4.74. The van der Waals surface area contributed by atoms with Gasteiger partial charge in [-0.2, -0.15) is 0 Å². The molecule has 7 heteroatoms. The Kier molecular flexibility index (Phi) is 4.46. The summed E-state index contributed by atoms with van der Waals surface area (Å²) in [5, 5.41) is 4.62. The van der Waals surface area contributed by atoms with Crippen LogP contribution in [0.15, 0.2) is 40.8 Å². The number of carbonyl (C=O) groups is 3. The molecule has 0 spiro atoms. The number of benzene rings is 2. The predicted molar refractivity (Wildman–Crippen MR) is 111 cm³/mol. The lowest BCUT2D eigenvalue weighted by molar-refractivity contribution is -0.142. The molecular formula is C23H22N2O5. The molecule has 5 rings (SSSR count). The van der Waals surface area contributed by atoms with Crippen molar-refractivity contribution in [2.75, 3.05) is 19.0 Å². The number of ether oxygens (including phenoxy) is 1. The van der Waals surface area contributed by atoms with Crippen molar-refractivity contribution < 1.29 is 23.5 Å². The number of fused-ring (bicyclic) bond motifs is 4. The quantitative estimate of drug-likeness (QED) is 0.667. The molecule has 154 valence electrons. The van der Waals surface area contributed by atoms with Crippen LogP contribution in [0, 0.1) is 11.8 Å². The minimum absolute atomic E-state index is 0.223. The second kappa shape index (κ2) is 7.16. The molecule has 0 bridgehead atoms. The van der Waals surface area contributed by atoms with Gasteiger partial charge in [0.25, 0.3) is 0 Å². The van der Waals surface area contributed by atoms with Crippen molar-refractivity contribution in [2.45, 2.75) is 25.7 Å². The van der Waals surface area contributed by atoms with Crippen LogP contribution in [0.5, 0.6) is 5.75 Å². The van der Waals surface area contributed by atoms with E-state index in [1.807, 2.05) is 30.3 Å². The van der Waals surface area contributed by atoms with Gasteiger partial charge < -0.3 is 14.5 Å². The Labute approximate surface area is 172 Å². The van der Waals surface area contributed by atoms with Crippen molar-refractivity contribution in [1.29, 1.82) is 0 Å². The van der Waals surface area contributed by atoms with Gasteiger partial charge in [-0.05, 0) is 25.0 Å². The lowest BCUT2D eigenvalue weighted by atomic mass is 9.81. The van der Waals surface area contributed by atoms with Crippen molar-refractivity contribution in [3.05, 3.63) is 36.4 Å². The molecule has 1 aliphatic heterocycles. The number of likely N-dealkylation sites (tertiary alicyclic amines) is 1. The molecular weight excluding hydrogens is 384 g/mol. The summed E-state index contributed by atoms with van der Waals surface area (Å²) in [4.78, 5) is 39.1. The lowest BCUT2D eigenvalue weighted by Crippen LogP contribution is -2.38. The van der Waals surface area contributed by atoms with Gasteiger partial charge in [-0.25, -0.2) is 0 Å². The van der Waals surface area contributed by atoms with Gasteiger partial charge in [-0.1, -0.05) is 31.0 Å². The number of nitrogens with zero attached hydrogens (tertiary/aromatic N) is 1. The summed E-state index contributed by atoms with van der Waals surface area (Å²) in [6.07, 6.45) is 3.36. The molecule has 3 aromatic rings. The second-order valence-electron chi connectivity index (χ2n) is 7.96. The average molecular weight is 406 g/mol. The summed E-state index contributed by atoms with van der Waals surface area (Å²) in [5.41, 5.74) is 1.80. The third kappa shape index (κ3) is 2.93. The summed E-state index contributed by atoms with van der Waals surface area (Å²) in [5.74, 6) is -0.931. The summed E-state index contributed by atoms with van der Waals surface area (Å²) in [6.45, 7) is -0.286. The molecule has 0 radical (unpaired) electrons. The molecule has 30 heavy (non-hydrogen) atoms. The van der Waals surface area contributed by atoms with E-state index in [-0.39, 0.29) is 30.2 Å². The van der Waals surface area contributed by atoms with Gasteiger partial charge in [-0.3, -0.25) is 19.3 Å². The van der Waals surface area contributed by atoms with Crippen molar-refractivity contribution in [1.82, 2.24) is 4.90 Å². The monoisotopic (exact) mass is 406 g/mol. The summed E-state index contributed by atoms with van der Waals surface area (Å²) >= 11 is 0. The number of anilines is 1. The largest absolute Gasteiger partial charge is 0.495 e. The standard InChI is InChI=1S/C23H22N2O5/c1-29-20-10-16-13-6-4-5-9-18(13)30-19(16)11-17(20)24-21(26)12-25-22(27)14-7-2-3-8-15(14)23(25)28/h4-6,9-11,14-15H,2-3,7-8,12H2,1H3,(H,24,26). The zero-order valence-electron chi connectivity index (χ0n) is 16.6. The van der Waals surface area contributed by atoms with E-state index in [1.165, 1.54) is 7.11 Å². The maximum atomic E-state index is 12.7. The lowest BCUT2D eigenvalue weighted by Gasteiger charge is -2.19. The van der Waals surface area contributed by atoms with Gasteiger partial charge in [-0.15, -0.1) is 0 Å². The fraction of sp³-hybridized carbons (Fsp3) is 0.348. The maximum absolute atomic E-state index is 12.7. The molecule has 1 saturated heterocycles. The van der Waals surface area contributed by atoms with Crippen molar-refractivity contribution >= 4 is 45.3 Å². The molecule has 1 aliphatic carbocycles. The number of imide groups is 1. The summed E-state index contributed by atoms with van der Waals surface area (Å²) in [6, 6.07) is 11.2. The van der Waals surface area contributed by atoms with Crippen LogP contribution in [-0.4, -0.2) is 36.3 Å². The number of furan rings is 1. The van der Waals surface area contributed by atoms with Crippen LogP contribution in [0.4, 0.5) is 5.69 Å². The molecule has 1 saturated carbocycles. The van der Waals surface area contributed by atoms with Gasteiger partial charge in [0.1, 0.15) is 23.5 Å². The number of hydrogen-bond donors (Lipinski definition) is 1. The predicted octanol–water partition coefficient (Wildman–Crippen LogP) is 3.71. The zero-order valence-corrected chi connectivity index (χ0v) is 16.6. The van der Waals surface area contributed by atoms with Crippen LogP contribution in [0.3, 0.4) is 0 Å². The van der Waals surface area contributed by atoms with Crippen LogP contribution >= 0.6 is 0 Å². The highest BCUT2D eigenvalue weighted by Crippen LogP contribution is 2.39. The maximum Gasteiger partial charge on any atom is 0.244 e. The highest BCUT2D eigenvalue weighted by atomic mass is 16.5. The average Bonchev–Trinajstić information content (AvgIpc) is 3.23. The highest BCUT2D eigenvalue weighted by molar-refractivity contribution is 6.10. The molecule has 2 fully saturated rings. The second-order valence-corrected chi connectivity index (χ2v) is 7.96. The van der Waals surface area contributed by atoms with E-state index in [0.29, 0.717) is 17.0 Å². The van der Waals surface area contributed by atoms with Gasteiger partial charge in [0.05, 0.1) is 24.6 Å². The number of nitrogens with one attached hydrogen (secondary N) is 1. The molecule has 1 N–H and O–H groups in total. The zero-order chi connectivity index (χ0) is 20.8. The van der Waals surface area contributed by atoms with E-state index in [1.54, 1.807) is 6.07 Å². The van der Waals surface area contributed by atoms with E-state index in [9.17, 15) is 14.4 Å². The van der Waals surface area contributed by atoms with Gasteiger partial charge in [0.15, 0.2) is 0 Å². The third-order valence-corrected chi connectivity index (χ3v) is 6.21. The first-order valence-electron chi connectivity index (χ1n) is 10.2. The molecule has 2 aromatic carbocycles. The number of hydrogen-bond acceptors (Lipinski definition) is 5. The minimum Gasteiger partial charge on any atom is -0.495 e. The first-order valence-corrected chi connectivity index (χ1v) is 10.2. The van der Waals surface area contributed by atoms with Crippen LogP contribution in [-0.2, 0) is 14.4 Å². The van der Waals surface area contributed by atoms with E-state index in [2.05, 4.69) is 5.32 Å². The van der Waals surface area contributed by atoms with Crippen LogP contribution in [0.2, 0.25) is 0 Å². The molecule has 2 unspecified atom stereocenters. The first-order chi connectivity index (χ1) is 14.6. The normalized spacial score (nSPS) is 21.3. The number of methoxy groups -OCH3 is 1. The van der Waals surface area contributed by atoms with E-state index in [4.69, 9.17) is 9.15 Å². The Morgan fingerprint density at radius 3 is 2.47 bits per heavy atom. The Bertz CT molecular complexity index is 1160. The van der Waals surface area contributed by atoms with Crippen molar-refractivity contribution in [3.8, 4) is 5.75 Å². The minimum atomic E-state index is -0.441. The topological polar surface area (TPSA) is 88.9 Å². The number of carbonyl (C=O) groups excluding carboxylic acids is 3. The Morgan fingerprint density at radius 2 is 1.77 bits per heavy atom. The SMILES string of the molecule is COc1cc2c(cc1NC(=O)CN1C(=O)C3CCCCC3C1=O)oc1ccccc12. The molecule has 3 amide bonds. The molecule has 2 heterocycles. The number of rotatable bonds is 4. The molecule has 2 atom stereocenters. The van der Waals surface area contributed by atoms with Gasteiger partial charge in [0.2, 0.25) is 17.7 Å². The molecule has 2 aliphatic rings. The van der Waals surface area contributed by atoms with E-state index >= 15 is 0 Å². The summed E-state index contributed by atoms with van der Waals surface area (Å²) in [7, 11) is 1.53. The Balaban J connectivity index is 1.39.